The third-order valence-electron chi connectivity index (χ3n) is 2.83. The van der Waals surface area contributed by atoms with Crippen LogP contribution in [-0.4, -0.2) is 72.1 Å². The van der Waals surface area contributed by atoms with Crippen molar-refractivity contribution in [2.24, 2.45) is 0 Å². The molecule has 18 heavy (non-hydrogen) atoms. The summed E-state index contributed by atoms with van der Waals surface area (Å²) in [6, 6.07) is 0.108. The van der Waals surface area contributed by atoms with Crippen molar-refractivity contribution in [3.63, 3.8) is 0 Å². The molecular weight excluding hydrogens is 254 g/mol. The highest BCUT2D eigenvalue weighted by molar-refractivity contribution is 7.89. The average molecular weight is 279 g/mol. The van der Waals surface area contributed by atoms with E-state index in [-0.39, 0.29) is 11.8 Å². The summed E-state index contributed by atoms with van der Waals surface area (Å²) in [6.45, 7) is 3.17. The van der Waals surface area contributed by atoms with Gasteiger partial charge in [-0.15, -0.1) is 0 Å². The van der Waals surface area contributed by atoms with Crippen molar-refractivity contribution >= 4 is 10.0 Å². The number of hydrogen-bond acceptors (Lipinski definition) is 5. The van der Waals surface area contributed by atoms with Crippen molar-refractivity contribution in [1.82, 2.24) is 14.9 Å². The predicted molar refractivity (Wildman–Crippen MR) is 72.2 cm³/mol. The number of ether oxygens (including phenoxy) is 1. The lowest BCUT2D eigenvalue weighted by Gasteiger charge is -2.12. The highest BCUT2D eigenvalue weighted by atomic mass is 32.2. The lowest BCUT2D eigenvalue weighted by atomic mass is 10.3. The van der Waals surface area contributed by atoms with Gasteiger partial charge in [0.2, 0.25) is 10.0 Å². The molecular formula is C11H25N3O3S. The fourth-order valence-electron chi connectivity index (χ4n) is 1.84. The van der Waals surface area contributed by atoms with E-state index in [1.807, 2.05) is 19.0 Å². The molecule has 1 rings (SSSR count). The largest absolute Gasteiger partial charge is 0.379 e. The quantitative estimate of drug-likeness (QED) is 0.543. The Kier molecular flexibility index (Phi) is 7.10. The summed E-state index contributed by atoms with van der Waals surface area (Å²) in [6.07, 6.45) is 2.01. The number of sulfonamides is 1. The molecule has 0 spiro atoms. The zero-order valence-corrected chi connectivity index (χ0v) is 12.1. The molecule has 0 radical (unpaired) electrons. The molecule has 0 aromatic rings. The molecule has 0 aromatic heterocycles. The van der Waals surface area contributed by atoms with Gasteiger partial charge in [-0.2, -0.15) is 0 Å². The van der Waals surface area contributed by atoms with Crippen LogP contribution in [0.15, 0.2) is 0 Å². The van der Waals surface area contributed by atoms with Crippen LogP contribution in [0.1, 0.15) is 12.8 Å². The minimum absolute atomic E-state index is 0.108. The van der Waals surface area contributed by atoms with Crippen LogP contribution in [-0.2, 0) is 14.8 Å². The van der Waals surface area contributed by atoms with Crippen LogP contribution in [0, 0.1) is 0 Å². The molecule has 1 saturated heterocycles. The van der Waals surface area contributed by atoms with Crippen LogP contribution in [0.25, 0.3) is 0 Å². The van der Waals surface area contributed by atoms with Crippen molar-refractivity contribution in [3.8, 4) is 0 Å². The number of hydrogen-bond donors (Lipinski definition) is 2. The van der Waals surface area contributed by atoms with E-state index in [0.29, 0.717) is 19.8 Å². The summed E-state index contributed by atoms with van der Waals surface area (Å²) in [5.74, 6) is 0.171. The van der Waals surface area contributed by atoms with Crippen molar-refractivity contribution < 1.29 is 13.2 Å². The number of likely N-dealkylation sites (N-methyl/N-ethyl adjacent to an activating group) is 1. The first kappa shape index (κ1) is 15.8. The van der Waals surface area contributed by atoms with Gasteiger partial charge in [-0.1, -0.05) is 0 Å². The third-order valence-corrected chi connectivity index (χ3v) is 4.32. The Balaban J connectivity index is 2.06. The molecule has 108 valence electrons. The molecule has 0 aliphatic carbocycles. The smallest absolute Gasteiger partial charge is 0.213 e. The summed E-state index contributed by atoms with van der Waals surface area (Å²) in [4.78, 5) is 2.02. The fraction of sp³-hybridized carbons (Fsp3) is 1.00. The van der Waals surface area contributed by atoms with Crippen LogP contribution >= 0.6 is 0 Å². The van der Waals surface area contributed by atoms with E-state index in [0.717, 1.165) is 25.9 Å². The maximum Gasteiger partial charge on any atom is 0.213 e. The average Bonchev–Trinajstić information content (AvgIpc) is 2.74. The Labute approximate surface area is 110 Å². The Bertz CT molecular complexity index is 313. The molecule has 1 aliphatic rings. The monoisotopic (exact) mass is 279 g/mol. The highest BCUT2D eigenvalue weighted by Crippen LogP contribution is 2.06. The standard InChI is InChI=1S/C11H25N3O3S/c1-14(2)7-9-17-8-6-13-18(15,16)10-11-4-3-5-12-11/h11-13H,3-10H2,1-2H3. The van der Waals surface area contributed by atoms with Gasteiger partial charge < -0.3 is 15.0 Å². The van der Waals surface area contributed by atoms with E-state index < -0.39 is 10.0 Å². The van der Waals surface area contributed by atoms with Crippen molar-refractivity contribution in [3.05, 3.63) is 0 Å². The third kappa shape index (κ3) is 7.27. The highest BCUT2D eigenvalue weighted by Gasteiger charge is 2.21. The topological polar surface area (TPSA) is 70.7 Å². The summed E-state index contributed by atoms with van der Waals surface area (Å²) in [5.41, 5.74) is 0. The Hall–Kier alpha value is -0.210. The summed E-state index contributed by atoms with van der Waals surface area (Å²) >= 11 is 0. The van der Waals surface area contributed by atoms with E-state index >= 15 is 0 Å². The second kappa shape index (κ2) is 8.06. The SMILES string of the molecule is CN(C)CCOCCNS(=O)(=O)CC1CCCN1. The molecule has 1 atom stereocenters. The minimum Gasteiger partial charge on any atom is -0.379 e. The van der Waals surface area contributed by atoms with Gasteiger partial charge in [0, 0.05) is 19.1 Å². The van der Waals surface area contributed by atoms with Crippen LogP contribution in [0.5, 0.6) is 0 Å². The zero-order valence-electron chi connectivity index (χ0n) is 11.3. The summed E-state index contributed by atoms with van der Waals surface area (Å²) < 4.78 is 31.3. The van der Waals surface area contributed by atoms with Gasteiger partial charge in [-0.25, -0.2) is 13.1 Å². The Morgan fingerprint density at radius 1 is 1.39 bits per heavy atom. The first-order chi connectivity index (χ1) is 8.49. The molecule has 0 amide bonds. The molecule has 1 heterocycles. The first-order valence-corrected chi connectivity index (χ1v) is 8.08. The maximum absolute atomic E-state index is 11.7. The number of nitrogens with zero attached hydrogens (tertiary/aromatic N) is 1. The fourth-order valence-corrected chi connectivity index (χ4v) is 3.17. The van der Waals surface area contributed by atoms with Crippen LogP contribution < -0.4 is 10.0 Å². The van der Waals surface area contributed by atoms with Gasteiger partial charge in [-0.3, -0.25) is 0 Å². The Morgan fingerprint density at radius 3 is 2.78 bits per heavy atom. The van der Waals surface area contributed by atoms with E-state index in [1.54, 1.807) is 0 Å². The van der Waals surface area contributed by atoms with Crippen LogP contribution in [0.2, 0.25) is 0 Å². The van der Waals surface area contributed by atoms with E-state index in [2.05, 4.69) is 10.0 Å². The zero-order chi connectivity index (χ0) is 13.4. The molecule has 1 unspecified atom stereocenters. The molecule has 0 aromatic carbocycles. The van der Waals surface area contributed by atoms with Crippen LogP contribution in [0.3, 0.4) is 0 Å². The Morgan fingerprint density at radius 2 is 2.17 bits per heavy atom. The molecule has 1 aliphatic heterocycles. The number of nitrogens with one attached hydrogen (secondary N) is 2. The van der Waals surface area contributed by atoms with Gasteiger partial charge in [-0.05, 0) is 33.5 Å². The summed E-state index contributed by atoms with van der Waals surface area (Å²) in [5, 5.41) is 3.18. The molecule has 6 nitrogen and oxygen atoms in total. The molecule has 0 bridgehead atoms. The maximum atomic E-state index is 11.7. The van der Waals surface area contributed by atoms with Gasteiger partial charge in [0.1, 0.15) is 0 Å². The summed E-state index contributed by atoms with van der Waals surface area (Å²) in [7, 11) is 0.774. The molecule has 1 fully saturated rings. The molecule has 7 heteroatoms. The lowest BCUT2D eigenvalue weighted by Crippen LogP contribution is -2.38. The van der Waals surface area contributed by atoms with Gasteiger partial charge in [0.05, 0.1) is 19.0 Å². The van der Waals surface area contributed by atoms with Crippen molar-refractivity contribution in [2.45, 2.75) is 18.9 Å². The first-order valence-electron chi connectivity index (χ1n) is 6.43. The molecule has 2 N–H and O–H groups in total. The van der Waals surface area contributed by atoms with E-state index in [4.69, 9.17) is 4.74 Å². The predicted octanol–water partition coefficient (Wildman–Crippen LogP) is -0.764. The van der Waals surface area contributed by atoms with Crippen molar-refractivity contribution in [1.29, 1.82) is 0 Å². The normalized spacial score (nSPS) is 20.7. The number of rotatable bonds is 9. The van der Waals surface area contributed by atoms with E-state index in [1.165, 1.54) is 0 Å². The van der Waals surface area contributed by atoms with Crippen molar-refractivity contribution in [2.75, 3.05) is 52.7 Å². The lowest BCUT2D eigenvalue weighted by molar-refractivity contribution is 0.122. The van der Waals surface area contributed by atoms with Crippen LogP contribution in [0.4, 0.5) is 0 Å². The minimum atomic E-state index is -3.17. The second-order valence-corrected chi connectivity index (χ2v) is 6.74. The van der Waals surface area contributed by atoms with Gasteiger partial charge >= 0.3 is 0 Å². The second-order valence-electron chi connectivity index (χ2n) is 4.88. The van der Waals surface area contributed by atoms with Gasteiger partial charge in [0.25, 0.3) is 0 Å². The van der Waals surface area contributed by atoms with Gasteiger partial charge in [0.15, 0.2) is 0 Å². The van der Waals surface area contributed by atoms with E-state index in [9.17, 15) is 8.42 Å². The molecule has 0 saturated carbocycles.